The van der Waals surface area contributed by atoms with E-state index in [-0.39, 0.29) is 50.0 Å². The average molecular weight is 464 g/mol. The Kier molecular flexibility index (Phi) is 11.0. The van der Waals surface area contributed by atoms with Crippen LogP contribution in [0.2, 0.25) is 0 Å². The van der Waals surface area contributed by atoms with Crippen LogP contribution in [-0.4, -0.2) is 66.5 Å². The molecule has 0 fully saturated rings. The van der Waals surface area contributed by atoms with Gasteiger partial charge in [-0.25, -0.2) is 0 Å². The molecule has 2 aromatic carbocycles. The SMILES string of the molecule is COCOc1cc(O)c(C(=O)C=Cc2ccc(OCOC)c(OCOC)c2)c(OCOC)c1. The third kappa shape index (κ3) is 7.95. The van der Waals surface area contributed by atoms with Crippen molar-refractivity contribution in [3.8, 4) is 28.7 Å². The monoisotopic (exact) mass is 464 g/mol. The predicted octanol–water partition coefficient (Wildman–Crippen LogP) is 3.22. The van der Waals surface area contributed by atoms with Crippen molar-refractivity contribution in [3.05, 3.63) is 47.5 Å². The Labute approximate surface area is 192 Å². The highest BCUT2D eigenvalue weighted by Crippen LogP contribution is 2.35. The van der Waals surface area contributed by atoms with Gasteiger partial charge in [0.2, 0.25) is 0 Å². The molecule has 0 radical (unpaired) electrons. The van der Waals surface area contributed by atoms with Crippen LogP contribution >= 0.6 is 0 Å². The highest BCUT2D eigenvalue weighted by Gasteiger charge is 2.18. The molecule has 2 rings (SSSR count). The van der Waals surface area contributed by atoms with Crippen LogP contribution in [0, 0.1) is 0 Å². The molecular formula is C23H28O10. The van der Waals surface area contributed by atoms with Crippen molar-refractivity contribution in [2.75, 3.05) is 55.6 Å². The van der Waals surface area contributed by atoms with Crippen LogP contribution in [0.4, 0.5) is 0 Å². The maximum Gasteiger partial charge on any atom is 0.193 e. The molecule has 0 amide bonds. The van der Waals surface area contributed by atoms with Crippen LogP contribution in [-0.2, 0) is 18.9 Å². The van der Waals surface area contributed by atoms with Crippen molar-refractivity contribution in [2.45, 2.75) is 0 Å². The number of ether oxygens (including phenoxy) is 8. The van der Waals surface area contributed by atoms with Gasteiger partial charge in [0, 0.05) is 40.6 Å². The van der Waals surface area contributed by atoms with Crippen molar-refractivity contribution in [1.82, 2.24) is 0 Å². The number of aromatic hydroxyl groups is 1. The standard InChI is InChI=1S/C23H28O10/c1-26-12-30-17-10-19(25)23(22(11-17)33-15-29-4)18(24)7-5-16-6-8-20(31-13-27-2)21(9-16)32-14-28-3/h5-11,25H,12-15H2,1-4H3. The van der Waals surface area contributed by atoms with E-state index < -0.39 is 5.78 Å². The Balaban J connectivity index is 2.29. The Hall–Kier alpha value is -3.31. The topological polar surface area (TPSA) is 111 Å². The maximum absolute atomic E-state index is 12.9. The molecule has 0 heterocycles. The van der Waals surface area contributed by atoms with Gasteiger partial charge >= 0.3 is 0 Å². The molecule has 1 N–H and O–H groups in total. The molecule has 0 unspecified atom stereocenters. The number of benzene rings is 2. The molecule has 0 aliphatic carbocycles. The smallest absolute Gasteiger partial charge is 0.193 e. The minimum absolute atomic E-state index is 0.0149. The Morgan fingerprint density at radius 2 is 1.33 bits per heavy atom. The maximum atomic E-state index is 12.9. The van der Waals surface area contributed by atoms with Crippen molar-refractivity contribution in [2.24, 2.45) is 0 Å². The molecule has 33 heavy (non-hydrogen) atoms. The van der Waals surface area contributed by atoms with Gasteiger partial charge in [0.15, 0.2) is 44.5 Å². The average Bonchev–Trinajstić information content (AvgIpc) is 2.82. The number of phenolic OH excluding ortho intramolecular Hbond substituents is 1. The fourth-order valence-electron chi connectivity index (χ4n) is 2.63. The molecule has 0 saturated heterocycles. The number of phenols is 1. The predicted molar refractivity (Wildman–Crippen MR) is 118 cm³/mol. The summed E-state index contributed by atoms with van der Waals surface area (Å²) in [4.78, 5) is 12.9. The first kappa shape index (κ1) is 25.9. The first-order chi connectivity index (χ1) is 16.0. The third-order valence-electron chi connectivity index (χ3n) is 4.04. The van der Waals surface area contributed by atoms with Gasteiger partial charge in [-0.15, -0.1) is 0 Å². The minimum Gasteiger partial charge on any atom is -0.507 e. The third-order valence-corrected chi connectivity index (χ3v) is 4.04. The molecule has 0 saturated carbocycles. The highest BCUT2D eigenvalue weighted by molar-refractivity contribution is 6.10. The molecule has 0 aromatic heterocycles. The van der Waals surface area contributed by atoms with Crippen LogP contribution in [0.1, 0.15) is 15.9 Å². The van der Waals surface area contributed by atoms with Gasteiger partial charge in [0.1, 0.15) is 22.8 Å². The number of hydrogen-bond donors (Lipinski definition) is 1. The second kappa shape index (κ2) is 14.0. The summed E-state index contributed by atoms with van der Waals surface area (Å²) in [5.41, 5.74) is 0.613. The van der Waals surface area contributed by atoms with Gasteiger partial charge in [-0.3, -0.25) is 4.79 Å². The van der Waals surface area contributed by atoms with Crippen molar-refractivity contribution in [3.63, 3.8) is 0 Å². The number of hydrogen-bond acceptors (Lipinski definition) is 10. The first-order valence-corrected chi connectivity index (χ1v) is 9.74. The summed E-state index contributed by atoms with van der Waals surface area (Å²) < 4.78 is 41.4. The number of carbonyl (C=O) groups excluding carboxylic acids is 1. The molecule has 2 aromatic rings. The van der Waals surface area contributed by atoms with Gasteiger partial charge in [-0.2, -0.15) is 0 Å². The van der Waals surface area contributed by atoms with Gasteiger partial charge in [0.25, 0.3) is 0 Å². The molecule has 10 heteroatoms. The Bertz CT molecular complexity index is 926. The summed E-state index contributed by atoms with van der Waals surface area (Å²) in [7, 11) is 5.91. The van der Waals surface area contributed by atoms with Gasteiger partial charge in [-0.1, -0.05) is 12.1 Å². The van der Waals surface area contributed by atoms with Gasteiger partial charge < -0.3 is 43.0 Å². The number of carbonyl (C=O) groups is 1. The lowest BCUT2D eigenvalue weighted by Gasteiger charge is -2.13. The van der Waals surface area contributed by atoms with Crippen LogP contribution in [0.15, 0.2) is 36.4 Å². The summed E-state index contributed by atoms with van der Waals surface area (Å²) in [6.07, 6.45) is 2.87. The van der Waals surface area contributed by atoms with E-state index in [2.05, 4.69) is 0 Å². The number of methoxy groups -OCH3 is 4. The van der Waals surface area contributed by atoms with Crippen molar-refractivity contribution >= 4 is 11.9 Å². The van der Waals surface area contributed by atoms with Crippen molar-refractivity contribution < 1.29 is 47.8 Å². The largest absolute Gasteiger partial charge is 0.507 e. The van der Waals surface area contributed by atoms with E-state index >= 15 is 0 Å². The van der Waals surface area contributed by atoms with E-state index in [1.807, 2.05) is 0 Å². The van der Waals surface area contributed by atoms with E-state index in [0.717, 1.165) is 0 Å². The zero-order valence-electron chi connectivity index (χ0n) is 19.0. The van der Waals surface area contributed by atoms with Gasteiger partial charge in [0.05, 0.1) is 0 Å². The molecular weight excluding hydrogens is 436 g/mol. The number of allylic oxidation sites excluding steroid dienone is 1. The lowest BCUT2D eigenvalue weighted by molar-refractivity contribution is 0.0322. The number of ketones is 1. The Morgan fingerprint density at radius 1 is 0.758 bits per heavy atom. The molecule has 0 atom stereocenters. The molecule has 180 valence electrons. The van der Waals surface area contributed by atoms with Crippen LogP contribution in [0.3, 0.4) is 0 Å². The summed E-state index contributed by atoms with van der Waals surface area (Å²) in [6, 6.07) is 7.87. The van der Waals surface area contributed by atoms with E-state index in [1.54, 1.807) is 24.3 Å². The number of rotatable bonds is 15. The molecule has 10 nitrogen and oxygen atoms in total. The van der Waals surface area contributed by atoms with E-state index in [1.165, 1.54) is 46.6 Å². The highest BCUT2D eigenvalue weighted by atomic mass is 16.7. The van der Waals surface area contributed by atoms with Crippen LogP contribution in [0.5, 0.6) is 28.7 Å². The minimum atomic E-state index is -0.490. The normalized spacial score (nSPS) is 10.9. The molecule has 0 aliphatic rings. The lowest BCUT2D eigenvalue weighted by atomic mass is 10.1. The van der Waals surface area contributed by atoms with E-state index in [9.17, 15) is 9.90 Å². The van der Waals surface area contributed by atoms with E-state index in [4.69, 9.17) is 37.9 Å². The van der Waals surface area contributed by atoms with E-state index in [0.29, 0.717) is 17.1 Å². The summed E-state index contributed by atoms with van der Waals surface area (Å²) >= 11 is 0. The zero-order valence-corrected chi connectivity index (χ0v) is 19.0. The fourth-order valence-corrected chi connectivity index (χ4v) is 2.63. The fraction of sp³-hybridized carbons (Fsp3) is 0.348. The van der Waals surface area contributed by atoms with Gasteiger partial charge in [-0.05, 0) is 23.8 Å². The lowest BCUT2D eigenvalue weighted by Crippen LogP contribution is -2.07. The summed E-state index contributed by atoms with van der Waals surface area (Å²) in [5, 5.41) is 10.4. The second-order valence-electron chi connectivity index (χ2n) is 6.42. The second-order valence-corrected chi connectivity index (χ2v) is 6.42. The quantitative estimate of drug-likeness (QED) is 0.240. The van der Waals surface area contributed by atoms with Crippen LogP contribution in [0.25, 0.3) is 6.08 Å². The van der Waals surface area contributed by atoms with Crippen LogP contribution < -0.4 is 18.9 Å². The zero-order chi connectivity index (χ0) is 24.1. The molecule has 0 spiro atoms. The van der Waals surface area contributed by atoms with Crippen molar-refractivity contribution in [1.29, 1.82) is 0 Å². The summed E-state index contributed by atoms with van der Waals surface area (Å²) in [5.74, 6) is 0.442. The first-order valence-electron chi connectivity index (χ1n) is 9.74. The Morgan fingerprint density at radius 3 is 1.97 bits per heavy atom. The molecule has 0 aliphatic heterocycles. The summed E-state index contributed by atoms with van der Waals surface area (Å²) in [6.45, 7) is -0.0974. The molecule has 0 bridgehead atoms.